The van der Waals surface area contributed by atoms with Gasteiger partial charge in [0.05, 0.1) is 31.9 Å². The fourth-order valence-corrected chi connectivity index (χ4v) is 3.99. The molecule has 0 radical (unpaired) electrons. The Morgan fingerprint density at radius 2 is 2.09 bits per heavy atom. The molecule has 3 aliphatic rings. The third-order valence-electron chi connectivity index (χ3n) is 5.26. The molecule has 124 valence electrons. The number of hydrogen-bond acceptors (Lipinski definition) is 4. The van der Waals surface area contributed by atoms with Gasteiger partial charge in [-0.15, -0.1) is 0 Å². The average molecular weight is 310 g/mol. The summed E-state index contributed by atoms with van der Waals surface area (Å²) in [6.07, 6.45) is 4.90. The highest BCUT2D eigenvalue weighted by Gasteiger charge is 2.39. The summed E-state index contributed by atoms with van der Waals surface area (Å²) in [6, 6.07) is -0.0429. The second-order valence-corrected chi connectivity index (χ2v) is 6.66. The molecule has 2 heterocycles. The molecule has 3 rings (SSSR count). The van der Waals surface area contributed by atoms with E-state index in [9.17, 15) is 14.7 Å². The average Bonchev–Trinajstić information content (AvgIpc) is 2.95. The number of rotatable bonds is 3. The monoisotopic (exact) mass is 310 g/mol. The van der Waals surface area contributed by atoms with Crippen molar-refractivity contribution in [3.8, 4) is 0 Å². The summed E-state index contributed by atoms with van der Waals surface area (Å²) < 4.78 is 5.55. The summed E-state index contributed by atoms with van der Waals surface area (Å²) in [7, 11) is 0. The molecule has 1 N–H and O–H groups in total. The molecule has 0 spiro atoms. The van der Waals surface area contributed by atoms with Crippen LogP contribution in [0.25, 0.3) is 0 Å². The van der Waals surface area contributed by atoms with Crippen LogP contribution in [0.4, 0.5) is 0 Å². The Balaban J connectivity index is 1.64. The van der Waals surface area contributed by atoms with Crippen LogP contribution in [-0.2, 0) is 14.3 Å². The summed E-state index contributed by atoms with van der Waals surface area (Å²) in [5.41, 5.74) is 0. The molecule has 0 bridgehead atoms. The highest BCUT2D eigenvalue weighted by molar-refractivity contribution is 5.85. The van der Waals surface area contributed by atoms with E-state index in [1.807, 2.05) is 4.90 Å². The van der Waals surface area contributed by atoms with Crippen molar-refractivity contribution in [2.75, 3.05) is 32.8 Å². The molecule has 0 aromatic rings. The molecule has 2 saturated heterocycles. The van der Waals surface area contributed by atoms with Gasteiger partial charge in [0.25, 0.3) is 0 Å². The third-order valence-corrected chi connectivity index (χ3v) is 5.26. The highest BCUT2D eigenvalue weighted by Crippen LogP contribution is 2.32. The van der Waals surface area contributed by atoms with E-state index < -0.39 is 0 Å². The Labute approximate surface area is 131 Å². The summed E-state index contributed by atoms with van der Waals surface area (Å²) in [4.78, 5) is 28.1. The van der Waals surface area contributed by atoms with Gasteiger partial charge in [-0.3, -0.25) is 9.59 Å². The zero-order valence-electron chi connectivity index (χ0n) is 13.1. The predicted molar refractivity (Wildman–Crippen MR) is 80.1 cm³/mol. The van der Waals surface area contributed by atoms with Crippen molar-refractivity contribution in [1.29, 1.82) is 0 Å². The number of piperidine rings is 1. The Hall–Kier alpha value is -1.14. The van der Waals surface area contributed by atoms with Crippen LogP contribution in [0.5, 0.6) is 0 Å². The Morgan fingerprint density at radius 3 is 2.82 bits per heavy atom. The van der Waals surface area contributed by atoms with Gasteiger partial charge in [0.15, 0.2) is 0 Å². The van der Waals surface area contributed by atoms with Crippen LogP contribution in [0.15, 0.2) is 0 Å². The molecule has 2 amide bonds. The topological polar surface area (TPSA) is 70.1 Å². The Morgan fingerprint density at radius 1 is 1.23 bits per heavy atom. The van der Waals surface area contributed by atoms with Gasteiger partial charge >= 0.3 is 0 Å². The lowest BCUT2D eigenvalue weighted by molar-refractivity contribution is -0.150. The summed E-state index contributed by atoms with van der Waals surface area (Å²) in [5.74, 6) is 0.203. The minimum Gasteiger partial charge on any atom is -0.393 e. The number of amides is 2. The first kappa shape index (κ1) is 15.7. The number of carbonyl (C=O) groups is 2. The van der Waals surface area contributed by atoms with Gasteiger partial charge in [-0.25, -0.2) is 0 Å². The normalized spacial score (nSPS) is 33.3. The number of ether oxygens (including phenoxy) is 1. The number of likely N-dealkylation sites (tertiary alicyclic amines) is 1. The van der Waals surface area contributed by atoms with E-state index in [-0.39, 0.29) is 36.4 Å². The number of nitrogens with zero attached hydrogens (tertiary/aromatic N) is 2. The lowest BCUT2D eigenvalue weighted by Gasteiger charge is -2.41. The quantitative estimate of drug-likeness (QED) is 0.818. The minimum atomic E-state index is -0.335. The van der Waals surface area contributed by atoms with Crippen molar-refractivity contribution in [1.82, 2.24) is 9.80 Å². The van der Waals surface area contributed by atoms with Crippen LogP contribution in [0.3, 0.4) is 0 Å². The molecule has 22 heavy (non-hydrogen) atoms. The van der Waals surface area contributed by atoms with Crippen LogP contribution in [-0.4, -0.2) is 71.7 Å². The maximum Gasteiger partial charge on any atom is 0.242 e. The van der Waals surface area contributed by atoms with Gasteiger partial charge < -0.3 is 19.6 Å². The number of carbonyl (C=O) groups excluding carboxylic acids is 2. The Kier molecular flexibility index (Phi) is 4.98. The van der Waals surface area contributed by atoms with E-state index in [4.69, 9.17) is 4.74 Å². The molecule has 0 aromatic heterocycles. The molecule has 3 atom stereocenters. The van der Waals surface area contributed by atoms with E-state index in [1.165, 1.54) is 0 Å². The van der Waals surface area contributed by atoms with Crippen molar-refractivity contribution >= 4 is 11.8 Å². The molecule has 6 heteroatoms. The van der Waals surface area contributed by atoms with Crippen LogP contribution >= 0.6 is 0 Å². The molecule has 1 saturated carbocycles. The van der Waals surface area contributed by atoms with Gasteiger partial charge in [-0.1, -0.05) is 6.42 Å². The van der Waals surface area contributed by atoms with Crippen molar-refractivity contribution < 1.29 is 19.4 Å². The molecular weight excluding hydrogens is 284 g/mol. The van der Waals surface area contributed by atoms with Gasteiger partial charge in [0.1, 0.15) is 0 Å². The first-order chi connectivity index (χ1) is 10.7. The largest absolute Gasteiger partial charge is 0.393 e. The lowest BCUT2D eigenvalue weighted by Crippen LogP contribution is -2.56. The predicted octanol–water partition coefficient (Wildman–Crippen LogP) is 0.387. The van der Waals surface area contributed by atoms with Crippen LogP contribution in [0.2, 0.25) is 0 Å². The van der Waals surface area contributed by atoms with Crippen molar-refractivity contribution in [3.05, 3.63) is 0 Å². The molecule has 3 fully saturated rings. The first-order valence-electron chi connectivity index (χ1n) is 8.50. The zero-order valence-corrected chi connectivity index (χ0v) is 13.1. The summed E-state index contributed by atoms with van der Waals surface area (Å²) >= 11 is 0. The fraction of sp³-hybridized carbons (Fsp3) is 0.875. The van der Waals surface area contributed by atoms with Gasteiger partial charge in [0.2, 0.25) is 11.8 Å². The van der Waals surface area contributed by atoms with E-state index in [2.05, 4.69) is 0 Å². The zero-order chi connectivity index (χ0) is 15.5. The lowest BCUT2D eigenvalue weighted by atomic mass is 9.94. The molecular formula is C16H26N2O4. The molecule has 1 aliphatic carbocycles. The minimum absolute atomic E-state index is 0.00245. The van der Waals surface area contributed by atoms with E-state index >= 15 is 0 Å². The smallest absolute Gasteiger partial charge is 0.242 e. The maximum absolute atomic E-state index is 12.7. The SMILES string of the molecule is O=C1CCCCN1CC(=O)N1CCOCC1C1CCCC1O. The Bertz CT molecular complexity index is 428. The van der Waals surface area contributed by atoms with E-state index in [0.717, 1.165) is 32.1 Å². The van der Waals surface area contributed by atoms with Crippen molar-refractivity contribution in [2.24, 2.45) is 5.92 Å². The highest BCUT2D eigenvalue weighted by atomic mass is 16.5. The van der Waals surface area contributed by atoms with E-state index in [0.29, 0.717) is 32.7 Å². The molecule has 3 unspecified atom stereocenters. The number of aliphatic hydroxyl groups excluding tert-OH is 1. The number of hydrogen-bond donors (Lipinski definition) is 1. The number of morpholine rings is 1. The van der Waals surface area contributed by atoms with Crippen molar-refractivity contribution in [2.45, 2.75) is 50.7 Å². The van der Waals surface area contributed by atoms with Crippen LogP contribution in [0, 0.1) is 5.92 Å². The fourth-order valence-electron chi connectivity index (χ4n) is 3.99. The van der Waals surface area contributed by atoms with Gasteiger partial charge in [0, 0.05) is 25.4 Å². The van der Waals surface area contributed by atoms with Crippen LogP contribution < -0.4 is 0 Å². The second-order valence-electron chi connectivity index (χ2n) is 6.66. The third kappa shape index (κ3) is 3.27. The summed E-state index contributed by atoms with van der Waals surface area (Å²) in [6.45, 7) is 2.47. The first-order valence-corrected chi connectivity index (χ1v) is 8.50. The second kappa shape index (κ2) is 6.96. The van der Waals surface area contributed by atoms with E-state index in [1.54, 1.807) is 4.90 Å². The van der Waals surface area contributed by atoms with Crippen molar-refractivity contribution in [3.63, 3.8) is 0 Å². The standard InChI is InChI=1S/C16H26N2O4/c19-14-5-3-4-12(14)13-11-22-9-8-18(13)16(21)10-17-7-2-1-6-15(17)20/h12-14,19H,1-11H2. The maximum atomic E-state index is 12.7. The molecule has 6 nitrogen and oxygen atoms in total. The van der Waals surface area contributed by atoms with Crippen LogP contribution in [0.1, 0.15) is 38.5 Å². The molecule has 0 aromatic carbocycles. The number of aliphatic hydroxyl groups is 1. The summed E-state index contributed by atoms with van der Waals surface area (Å²) in [5, 5.41) is 10.1. The van der Waals surface area contributed by atoms with Gasteiger partial charge in [-0.2, -0.15) is 0 Å². The molecule has 2 aliphatic heterocycles. The van der Waals surface area contributed by atoms with Gasteiger partial charge in [-0.05, 0) is 25.7 Å².